The lowest BCUT2D eigenvalue weighted by molar-refractivity contribution is -0.275. The number of halogens is 7. The molecule has 154 valence electrons. The molecule has 1 saturated carbocycles. The van der Waals surface area contributed by atoms with Gasteiger partial charge in [-0.25, -0.2) is 9.37 Å². The van der Waals surface area contributed by atoms with E-state index < -0.39 is 35.5 Å². The zero-order valence-electron chi connectivity index (χ0n) is 14.4. The van der Waals surface area contributed by atoms with Crippen LogP contribution >= 0.6 is 0 Å². The van der Waals surface area contributed by atoms with Gasteiger partial charge in [-0.3, -0.25) is 4.40 Å². The average Bonchev–Trinajstić information content (AvgIpc) is 3.01. The van der Waals surface area contributed by atoms with E-state index in [1.54, 1.807) is 0 Å². The minimum absolute atomic E-state index is 0.0493. The standard InChI is InChI=1S/C17H11F7N4O/c18-11-6-10(7-25-13(11)29-15(4-1-5-15)17(22,23)24)9-2-3-12-26-27-14(16(19,20)21)28(12)8-9/h2-3,6-8H,1,4-5H2. The first-order valence-corrected chi connectivity index (χ1v) is 8.34. The molecule has 0 spiro atoms. The highest BCUT2D eigenvalue weighted by Gasteiger charge is 2.61. The van der Waals surface area contributed by atoms with Crippen molar-refractivity contribution in [1.29, 1.82) is 0 Å². The fourth-order valence-electron chi connectivity index (χ4n) is 3.04. The molecule has 1 fully saturated rings. The molecule has 5 nitrogen and oxygen atoms in total. The highest BCUT2D eigenvalue weighted by Crippen LogP contribution is 2.48. The van der Waals surface area contributed by atoms with E-state index >= 15 is 0 Å². The number of fused-ring (bicyclic) bond motifs is 1. The predicted octanol–water partition coefficient (Wildman–Crippen LogP) is 4.81. The van der Waals surface area contributed by atoms with Crippen LogP contribution in [-0.4, -0.2) is 31.4 Å². The molecule has 0 radical (unpaired) electrons. The van der Waals surface area contributed by atoms with Crippen LogP contribution in [0.5, 0.6) is 5.88 Å². The van der Waals surface area contributed by atoms with Crippen LogP contribution in [0.15, 0.2) is 30.6 Å². The molecule has 0 atom stereocenters. The van der Waals surface area contributed by atoms with Crippen molar-refractivity contribution in [2.75, 3.05) is 0 Å². The van der Waals surface area contributed by atoms with Gasteiger partial charge >= 0.3 is 12.4 Å². The van der Waals surface area contributed by atoms with Crippen molar-refractivity contribution in [3.05, 3.63) is 42.2 Å². The molecule has 0 amide bonds. The Morgan fingerprint density at radius 2 is 1.72 bits per heavy atom. The van der Waals surface area contributed by atoms with E-state index in [-0.39, 0.29) is 29.6 Å². The Kier molecular flexibility index (Phi) is 4.21. The molecule has 4 rings (SSSR count). The van der Waals surface area contributed by atoms with Crippen LogP contribution in [0.4, 0.5) is 30.7 Å². The summed E-state index contributed by atoms with van der Waals surface area (Å²) >= 11 is 0. The quantitative estimate of drug-likeness (QED) is 0.571. The summed E-state index contributed by atoms with van der Waals surface area (Å²) in [6.07, 6.45) is -7.68. The van der Waals surface area contributed by atoms with Crippen LogP contribution in [0.1, 0.15) is 25.1 Å². The van der Waals surface area contributed by atoms with Crippen molar-refractivity contribution >= 4 is 5.65 Å². The van der Waals surface area contributed by atoms with Crippen molar-refractivity contribution < 1.29 is 35.5 Å². The second kappa shape index (κ2) is 6.29. The first-order chi connectivity index (χ1) is 13.5. The summed E-state index contributed by atoms with van der Waals surface area (Å²) in [6.45, 7) is 0. The van der Waals surface area contributed by atoms with E-state index in [2.05, 4.69) is 15.2 Å². The smallest absolute Gasteiger partial charge is 0.452 e. The maximum Gasteiger partial charge on any atom is 0.452 e. The van der Waals surface area contributed by atoms with Crippen molar-refractivity contribution in [2.45, 2.75) is 37.2 Å². The molecule has 1 aliphatic carbocycles. The third-order valence-electron chi connectivity index (χ3n) is 4.77. The summed E-state index contributed by atoms with van der Waals surface area (Å²) in [5.74, 6) is -3.23. The molecular formula is C17H11F7N4O. The number of pyridine rings is 2. The fraction of sp³-hybridized carbons (Fsp3) is 0.353. The second-order valence-electron chi connectivity index (χ2n) is 6.63. The maximum atomic E-state index is 14.4. The van der Waals surface area contributed by atoms with E-state index in [0.29, 0.717) is 10.8 Å². The van der Waals surface area contributed by atoms with Crippen LogP contribution in [-0.2, 0) is 6.18 Å². The van der Waals surface area contributed by atoms with Crippen LogP contribution in [0, 0.1) is 5.82 Å². The van der Waals surface area contributed by atoms with Gasteiger partial charge in [-0.15, -0.1) is 10.2 Å². The molecule has 12 heteroatoms. The number of hydrogen-bond acceptors (Lipinski definition) is 4. The Bertz CT molecular complexity index is 1070. The average molecular weight is 420 g/mol. The monoisotopic (exact) mass is 420 g/mol. The number of ether oxygens (including phenoxy) is 1. The molecule has 1 aliphatic rings. The lowest BCUT2D eigenvalue weighted by Crippen LogP contribution is -2.55. The maximum absolute atomic E-state index is 14.4. The molecule has 3 aromatic heterocycles. The van der Waals surface area contributed by atoms with Gasteiger partial charge in [0.2, 0.25) is 11.4 Å². The van der Waals surface area contributed by atoms with Gasteiger partial charge in [-0.05, 0) is 37.5 Å². The molecule has 29 heavy (non-hydrogen) atoms. The van der Waals surface area contributed by atoms with Gasteiger partial charge < -0.3 is 4.74 Å². The minimum Gasteiger partial charge on any atom is -0.459 e. The second-order valence-corrected chi connectivity index (χ2v) is 6.63. The van der Waals surface area contributed by atoms with Crippen LogP contribution in [0.3, 0.4) is 0 Å². The van der Waals surface area contributed by atoms with E-state index in [0.717, 1.165) is 18.5 Å². The molecule has 3 heterocycles. The Labute approximate surface area is 158 Å². The van der Waals surface area contributed by atoms with Crippen molar-refractivity contribution in [2.24, 2.45) is 0 Å². The molecule has 0 aliphatic heterocycles. The molecular weight excluding hydrogens is 409 g/mol. The van der Waals surface area contributed by atoms with E-state index in [1.807, 2.05) is 0 Å². The Morgan fingerprint density at radius 3 is 2.28 bits per heavy atom. The Hall–Kier alpha value is -2.92. The first kappa shape index (κ1) is 19.4. The predicted molar refractivity (Wildman–Crippen MR) is 84.4 cm³/mol. The van der Waals surface area contributed by atoms with Crippen LogP contribution < -0.4 is 4.74 Å². The number of hydrogen-bond donors (Lipinski definition) is 0. The van der Waals surface area contributed by atoms with Gasteiger partial charge in [0, 0.05) is 23.5 Å². The SMILES string of the molecule is Fc1cc(-c2ccc3nnc(C(F)(F)F)n3c2)cnc1OC1(C(F)(F)F)CCC1. The lowest BCUT2D eigenvalue weighted by Gasteiger charge is -2.42. The third kappa shape index (κ3) is 3.25. The minimum atomic E-state index is -4.76. The van der Waals surface area contributed by atoms with Gasteiger partial charge in [0.25, 0.3) is 5.88 Å². The number of aromatic nitrogens is 4. The molecule has 0 bridgehead atoms. The highest BCUT2D eigenvalue weighted by atomic mass is 19.4. The van der Waals surface area contributed by atoms with Gasteiger partial charge in [0.15, 0.2) is 11.5 Å². The largest absolute Gasteiger partial charge is 0.459 e. The highest BCUT2D eigenvalue weighted by molar-refractivity contribution is 5.64. The van der Waals surface area contributed by atoms with E-state index in [4.69, 9.17) is 4.74 Å². The summed E-state index contributed by atoms with van der Waals surface area (Å²) in [5, 5.41) is 6.49. The molecule has 3 aromatic rings. The molecule has 0 aromatic carbocycles. The van der Waals surface area contributed by atoms with Crippen molar-refractivity contribution in [3.63, 3.8) is 0 Å². The number of alkyl halides is 6. The number of nitrogens with zero attached hydrogens (tertiary/aromatic N) is 4. The summed E-state index contributed by atoms with van der Waals surface area (Å²) < 4.78 is 98.5. The van der Waals surface area contributed by atoms with Gasteiger partial charge in [0.05, 0.1) is 0 Å². The molecule has 0 N–H and O–H groups in total. The zero-order chi connectivity index (χ0) is 21.0. The number of rotatable bonds is 3. The van der Waals surface area contributed by atoms with Crippen LogP contribution in [0.2, 0.25) is 0 Å². The van der Waals surface area contributed by atoms with Crippen molar-refractivity contribution in [3.8, 4) is 17.0 Å². The third-order valence-corrected chi connectivity index (χ3v) is 4.77. The van der Waals surface area contributed by atoms with Gasteiger partial charge in [0.1, 0.15) is 0 Å². The molecule has 0 saturated heterocycles. The van der Waals surface area contributed by atoms with Crippen molar-refractivity contribution in [1.82, 2.24) is 19.6 Å². The van der Waals surface area contributed by atoms with Crippen LogP contribution in [0.25, 0.3) is 16.8 Å². The normalized spacial score (nSPS) is 16.7. The summed E-state index contributed by atoms with van der Waals surface area (Å²) in [6, 6.07) is 3.46. The topological polar surface area (TPSA) is 52.3 Å². The molecule has 0 unspecified atom stereocenters. The van der Waals surface area contributed by atoms with Gasteiger partial charge in [-0.1, -0.05) is 0 Å². The van der Waals surface area contributed by atoms with E-state index in [9.17, 15) is 30.7 Å². The van der Waals surface area contributed by atoms with Gasteiger partial charge in [-0.2, -0.15) is 26.3 Å². The van der Waals surface area contributed by atoms with E-state index in [1.165, 1.54) is 12.1 Å². The summed E-state index contributed by atoms with van der Waals surface area (Å²) in [7, 11) is 0. The fourth-order valence-corrected chi connectivity index (χ4v) is 3.04. The Balaban J connectivity index is 1.68. The zero-order valence-corrected chi connectivity index (χ0v) is 14.4. The Morgan fingerprint density at radius 1 is 1.00 bits per heavy atom. The summed E-state index contributed by atoms with van der Waals surface area (Å²) in [4.78, 5) is 3.61. The summed E-state index contributed by atoms with van der Waals surface area (Å²) in [5.41, 5.74) is -2.36. The first-order valence-electron chi connectivity index (χ1n) is 8.34. The lowest BCUT2D eigenvalue weighted by atomic mass is 9.79.